The third-order valence-electron chi connectivity index (χ3n) is 5.17. The minimum absolute atomic E-state index is 0.0560. The van der Waals surface area contributed by atoms with Crippen molar-refractivity contribution in [3.63, 3.8) is 0 Å². The number of anilines is 1. The first-order valence-corrected chi connectivity index (χ1v) is 9.20. The van der Waals surface area contributed by atoms with Gasteiger partial charge < -0.3 is 9.88 Å². The molecule has 0 spiro atoms. The summed E-state index contributed by atoms with van der Waals surface area (Å²) < 4.78 is 0. The summed E-state index contributed by atoms with van der Waals surface area (Å²) in [7, 11) is 4.01. The molecule has 138 valence electrons. The van der Waals surface area contributed by atoms with Gasteiger partial charge in [0.2, 0.25) is 0 Å². The molecule has 4 nitrogen and oxygen atoms in total. The number of nitriles is 1. The molecule has 0 aliphatic rings. The van der Waals surface area contributed by atoms with Gasteiger partial charge in [-0.15, -0.1) is 0 Å². The number of hydrogen-bond acceptors (Lipinski definition) is 3. The Bertz CT molecular complexity index is 1070. The van der Waals surface area contributed by atoms with Gasteiger partial charge >= 0.3 is 0 Å². The van der Waals surface area contributed by atoms with Crippen molar-refractivity contribution >= 4 is 16.6 Å². The predicted octanol–water partition coefficient (Wildman–Crippen LogP) is 4.18. The second-order valence-corrected chi connectivity index (χ2v) is 7.46. The molecule has 0 fully saturated rings. The molecule has 0 aliphatic carbocycles. The number of aryl methyl sites for hydroxylation is 1. The smallest absolute Gasteiger partial charge is 0.251 e. The number of H-pyrrole nitrogens is 1. The van der Waals surface area contributed by atoms with Gasteiger partial charge in [0.05, 0.1) is 11.5 Å². The summed E-state index contributed by atoms with van der Waals surface area (Å²) in [4.78, 5) is 17.2. The highest BCUT2D eigenvalue weighted by molar-refractivity contribution is 5.80. The van der Waals surface area contributed by atoms with Crippen LogP contribution in [0.5, 0.6) is 0 Å². The van der Waals surface area contributed by atoms with Gasteiger partial charge in [-0.05, 0) is 60.5 Å². The average molecular weight is 359 g/mol. The summed E-state index contributed by atoms with van der Waals surface area (Å²) in [5, 5.41) is 10.9. The minimum Gasteiger partial charge on any atom is -0.378 e. The first kappa shape index (κ1) is 18.7. The van der Waals surface area contributed by atoms with Crippen LogP contribution in [0.15, 0.2) is 53.3 Å². The monoisotopic (exact) mass is 359 g/mol. The van der Waals surface area contributed by atoms with Gasteiger partial charge in [0.25, 0.3) is 5.56 Å². The molecular formula is C23H25N3O. The highest BCUT2D eigenvalue weighted by atomic mass is 16.1. The SMILES string of the molecule is CCc1cc2ccc(C(C)(C#N)Cc3cccc(N(C)C)c3)cc2[nH]c1=O. The number of aromatic amines is 1. The van der Waals surface area contributed by atoms with E-state index >= 15 is 0 Å². The molecule has 1 unspecified atom stereocenters. The lowest BCUT2D eigenvalue weighted by Gasteiger charge is -2.23. The van der Waals surface area contributed by atoms with E-state index < -0.39 is 5.41 Å². The van der Waals surface area contributed by atoms with Gasteiger partial charge in [0.15, 0.2) is 0 Å². The van der Waals surface area contributed by atoms with Gasteiger partial charge in [0, 0.05) is 30.9 Å². The zero-order valence-corrected chi connectivity index (χ0v) is 16.3. The van der Waals surface area contributed by atoms with Crippen LogP contribution in [-0.2, 0) is 18.3 Å². The van der Waals surface area contributed by atoms with E-state index in [0.717, 1.165) is 33.3 Å². The zero-order valence-electron chi connectivity index (χ0n) is 16.3. The predicted molar refractivity (Wildman–Crippen MR) is 111 cm³/mol. The molecule has 1 N–H and O–H groups in total. The molecule has 2 aromatic carbocycles. The number of aromatic nitrogens is 1. The van der Waals surface area contributed by atoms with E-state index in [1.54, 1.807) is 0 Å². The third kappa shape index (κ3) is 3.73. The lowest BCUT2D eigenvalue weighted by Crippen LogP contribution is -2.23. The Morgan fingerprint density at radius 2 is 1.93 bits per heavy atom. The summed E-state index contributed by atoms with van der Waals surface area (Å²) in [5.41, 5.74) is 3.95. The molecule has 0 saturated carbocycles. The van der Waals surface area contributed by atoms with Gasteiger partial charge in [0.1, 0.15) is 0 Å². The number of pyridine rings is 1. The topological polar surface area (TPSA) is 59.9 Å². The van der Waals surface area contributed by atoms with Crippen molar-refractivity contribution in [1.82, 2.24) is 4.98 Å². The maximum atomic E-state index is 12.2. The standard InChI is InChI=1S/C23H25N3O/c1-5-17-12-18-9-10-19(13-21(18)25-22(17)27)23(2,15-24)14-16-7-6-8-20(11-16)26(3)4/h6-13H,5,14H2,1-4H3,(H,25,27). The van der Waals surface area contributed by atoms with E-state index in [9.17, 15) is 10.1 Å². The second kappa shape index (κ2) is 7.28. The van der Waals surface area contributed by atoms with E-state index in [4.69, 9.17) is 0 Å². The number of rotatable bonds is 5. The van der Waals surface area contributed by atoms with Crippen LogP contribution in [0.3, 0.4) is 0 Å². The van der Waals surface area contributed by atoms with Crippen molar-refractivity contribution < 1.29 is 0 Å². The van der Waals surface area contributed by atoms with Crippen LogP contribution < -0.4 is 10.5 Å². The minimum atomic E-state index is -0.681. The fourth-order valence-electron chi connectivity index (χ4n) is 3.41. The molecule has 0 amide bonds. The van der Waals surface area contributed by atoms with Crippen LogP contribution in [0.4, 0.5) is 5.69 Å². The van der Waals surface area contributed by atoms with Crippen molar-refractivity contribution in [3.8, 4) is 6.07 Å². The Morgan fingerprint density at radius 1 is 1.15 bits per heavy atom. The van der Waals surface area contributed by atoms with Crippen molar-refractivity contribution in [2.24, 2.45) is 0 Å². The molecule has 1 heterocycles. The highest BCUT2D eigenvalue weighted by Gasteiger charge is 2.27. The highest BCUT2D eigenvalue weighted by Crippen LogP contribution is 2.30. The van der Waals surface area contributed by atoms with Gasteiger partial charge in [-0.3, -0.25) is 4.79 Å². The molecular weight excluding hydrogens is 334 g/mol. The molecule has 0 bridgehead atoms. The summed E-state index contributed by atoms with van der Waals surface area (Å²) in [5.74, 6) is 0. The van der Waals surface area contributed by atoms with Crippen LogP contribution in [-0.4, -0.2) is 19.1 Å². The fraction of sp³-hybridized carbons (Fsp3) is 0.304. The number of fused-ring (bicyclic) bond motifs is 1. The van der Waals surface area contributed by atoms with Crippen LogP contribution in [0.1, 0.15) is 30.5 Å². The Hall–Kier alpha value is -3.06. The zero-order chi connectivity index (χ0) is 19.6. The summed E-state index contributed by atoms with van der Waals surface area (Å²) >= 11 is 0. The van der Waals surface area contributed by atoms with E-state index in [2.05, 4.69) is 34.2 Å². The summed E-state index contributed by atoms with van der Waals surface area (Å²) in [6.45, 7) is 3.92. The first-order valence-electron chi connectivity index (χ1n) is 9.20. The van der Waals surface area contributed by atoms with E-state index in [0.29, 0.717) is 12.8 Å². The Kier molecular flexibility index (Phi) is 5.05. The average Bonchev–Trinajstić information content (AvgIpc) is 2.67. The van der Waals surface area contributed by atoms with E-state index in [1.165, 1.54) is 0 Å². The van der Waals surface area contributed by atoms with Crippen molar-refractivity contribution in [2.75, 3.05) is 19.0 Å². The number of benzene rings is 2. The molecule has 27 heavy (non-hydrogen) atoms. The summed E-state index contributed by atoms with van der Waals surface area (Å²) in [6.07, 6.45) is 1.30. The second-order valence-electron chi connectivity index (χ2n) is 7.46. The molecule has 0 saturated heterocycles. The number of nitrogens with zero attached hydrogens (tertiary/aromatic N) is 2. The van der Waals surface area contributed by atoms with Crippen LogP contribution in [0.25, 0.3) is 10.9 Å². The Labute approximate surface area is 160 Å². The molecule has 0 aliphatic heterocycles. The lowest BCUT2D eigenvalue weighted by atomic mass is 9.78. The molecule has 0 radical (unpaired) electrons. The van der Waals surface area contributed by atoms with Crippen molar-refractivity contribution in [3.05, 3.63) is 75.6 Å². The van der Waals surface area contributed by atoms with Gasteiger partial charge in [-0.25, -0.2) is 0 Å². The van der Waals surface area contributed by atoms with Crippen LogP contribution in [0, 0.1) is 11.3 Å². The molecule has 4 heteroatoms. The lowest BCUT2D eigenvalue weighted by molar-refractivity contribution is 0.607. The van der Waals surface area contributed by atoms with Crippen LogP contribution >= 0.6 is 0 Å². The Balaban J connectivity index is 2.02. The first-order chi connectivity index (χ1) is 12.9. The summed E-state index contributed by atoms with van der Waals surface area (Å²) in [6, 6.07) is 18.6. The third-order valence-corrected chi connectivity index (χ3v) is 5.17. The normalized spacial score (nSPS) is 13.1. The van der Waals surface area contributed by atoms with E-state index in [1.807, 2.05) is 58.3 Å². The van der Waals surface area contributed by atoms with Crippen LogP contribution in [0.2, 0.25) is 0 Å². The maximum Gasteiger partial charge on any atom is 0.251 e. The fourth-order valence-corrected chi connectivity index (χ4v) is 3.41. The maximum absolute atomic E-state index is 12.2. The molecule has 1 atom stereocenters. The quantitative estimate of drug-likeness (QED) is 0.743. The molecule has 3 aromatic rings. The number of hydrogen-bond donors (Lipinski definition) is 1. The number of nitrogens with one attached hydrogen (secondary N) is 1. The van der Waals surface area contributed by atoms with E-state index in [-0.39, 0.29) is 5.56 Å². The largest absolute Gasteiger partial charge is 0.378 e. The van der Waals surface area contributed by atoms with Gasteiger partial charge in [-0.1, -0.05) is 31.2 Å². The molecule has 1 aromatic heterocycles. The Morgan fingerprint density at radius 3 is 2.59 bits per heavy atom. The molecule has 3 rings (SSSR count). The van der Waals surface area contributed by atoms with Gasteiger partial charge in [-0.2, -0.15) is 5.26 Å². The van der Waals surface area contributed by atoms with Crippen molar-refractivity contribution in [1.29, 1.82) is 5.26 Å². The van der Waals surface area contributed by atoms with Crippen molar-refractivity contribution in [2.45, 2.75) is 32.1 Å².